The Morgan fingerprint density at radius 3 is 2.18 bits per heavy atom. The van der Waals surface area contributed by atoms with E-state index in [1.54, 1.807) is 48.7 Å². The van der Waals surface area contributed by atoms with Crippen LogP contribution in [-0.2, 0) is 0 Å². The van der Waals surface area contributed by atoms with Gasteiger partial charge in [-0.15, -0.1) is 0 Å². The van der Waals surface area contributed by atoms with Crippen LogP contribution >= 0.6 is 0 Å². The summed E-state index contributed by atoms with van der Waals surface area (Å²) in [6.45, 7) is 10.5. The van der Waals surface area contributed by atoms with Gasteiger partial charge in [-0.05, 0) is 104 Å². The minimum Gasteiger partial charge on any atom is -0.508 e. The standard InChI is InChI=1S/C22H19NO4.C10H20.C6H7N/c1-14-6-7-17(22(25)26)12-21(14)23-15(2)16-8-10-19(11-9-16)27-20-5-3-4-18(24)13-20;1-3-9(2)10-7-5-4-6-8-10;1-6-4-2-3-5-7-6/h3-13,24H,1-2H3,(H,25,26);9-10H,3-8H2,1-2H3;2-5H,1H3. The largest absolute Gasteiger partial charge is 0.508 e. The van der Waals surface area contributed by atoms with Crippen LogP contribution in [-0.4, -0.2) is 26.9 Å². The quantitative estimate of drug-likeness (QED) is 0.208. The fourth-order valence-corrected chi connectivity index (χ4v) is 5.04. The molecule has 2 N–H and O–H groups in total. The first-order valence-corrected chi connectivity index (χ1v) is 15.5. The SMILES string of the molecule is CC(=Nc1cc(C(=O)O)ccc1C)c1ccc(Oc2cccc(O)c2)cc1.CCC(C)C1CCCCC1.Cc1ccccn1. The Hall–Kier alpha value is -4.45. The molecule has 0 spiro atoms. The third-order valence-corrected chi connectivity index (χ3v) is 7.98. The number of aromatic carboxylic acids is 1. The summed E-state index contributed by atoms with van der Waals surface area (Å²) in [5.41, 5.74) is 4.49. The van der Waals surface area contributed by atoms with Gasteiger partial charge in [0.1, 0.15) is 17.2 Å². The monoisotopic (exact) mass is 594 g/mol. The van der Waals surface area contributed by atoms with Crippen molar-refractivity contribution in [3.05, 3.63) is 114 Å². The van der Waals surface area contributed by atoms with Gasteiger partial charge in [0, 0.05) is 23.7 Å². The van der Waals surface area contributed by atoms with E-state index in [9.17, 15) is 9.90 Å². The van der Waals surface area contributed by atoms with Crippen LogP contribution in [0.15, 0.2) is 96.1 Å². The number of aromatic hydroxyl groups is 1. The van der Waals surface area contributed by atoms with Crippen molar-refractivity contribution in [2.24, 2.45) is 16.8 Å². The molecule has 5 rings (SSSR count). The highest BCUT2D eigenvalue weighted by molar-refractivity contribution is 6.00. The molecule has 0 amide bonds. The highest BCUT2D eigenvalue weighted by atomic mass is 16.5. The molecule has 0 bridgehead atoms. The number of nitrogens with zero attached hydrogens (tertiary/aromatic N) is 2. The van der Waals surface area contributed by atoms with Gasteiger partial charge in [-0.25, -0.2) is 4.79 Å². The fraction of sp³-hybridized carbons (Fsp3) is 0.342. The number of rotatable bonds is 7. The lowest BCUT2D eigenvalue weighted by molar-refractivity contribution is 0.0697. The van der Waals surface area contributed by atoms with Gasteiger partial charge in [0.15, 0.2) is 0 Å². The van der Waals surface area contributed by atoms with E-state index in [1.165, 1.54) is 38.5 Å². The first-order chi connectivity index (χ1) is 21.2. The summed E-state index contributed by atoms with van der Waals surface area (Å²) in [7, 11) is 0. The van der Waals surface area contributed by atoms with Gasteiger partial charge in [0.2, 0.25) is 0 Å². The van der Waals surface area contributed by atoms with Crippen LogP contribution in [0, 0.1) is 25.7 Å². The predicted octanol–water partition coefficient (Wildman–Crippen LogP) is 10.3. The lowest BCUT2D eigenvalue weighted by Crippen LogP contribution is -2.14. The van der Waals surface area contributed by atoms with Gasteiger partial charge in [-0.2, -0.15) is 0 Å². The second-order valence-electron chi connectivity index (χ2n) is 11.4. The average Bonchev–Trinajstić information content (AvgIpc) is 3.03. The molecule has 3 aromatic carbocycles. The smallest absolute Gasteiger partial charge is 0.335 e. The number of carboxylic acid groups (broad SMARTS) is 1. The van der Waals surface area contributed by atoms with E-state index in [4.69, 9.17) is 9.84 Å². The zero-order valence-electron chi connectivity index (χ0n) is 26.7. The van der Waals surface area contributed by atoms with Crippen molar-refractivity contribution >= 4 is 17.4 Å². The van der Waals surface area contributed by atoms with Crippen molar-refractivity contribution in [1.82, 2.24) is 4.98 Å². The Bertz CT molecular complexity index is 1480. The molecular formula is C38H46N2O4. The topological polar surface area (TPSA) is 92.0 Å². The van der Waals surface area contributed by atoms with Crippen LogP contribution in [0.4, 0.5) is 5.69 Å². The van der Waals surface area contributed by atoms with Gasteiger partial charge in [0.25, 0.3) is 0 Å². The van der Waals surface area contributed by atoms with Crippen molar-refractivity contribution in [1.29, 1.82) is 0 Å². The predicted molar refractivity (Wildman–Crippen MR) is 180 cm³/mol. The molecule has 232 valence electrons. The number of carboxylic acids is 1. The van der Waals surface area contributed by atoms with E-state index in [-0.39, 0.29) is 11.3 Å². The summed E-state index contributed by atoms with van der Waals surface area (Å²) < 4.78 is 5.71. The van der Waals surface area contributed by atoms with Crippen LogP contribution < -0.4 is 4.74 Å². The van der Waals surface area contributed by atoms with Crippen LogP contribution in [0.3, 0.4) is 0 Å². The molecule has 44 heavy (non-hydrogen) atoms. The van der Waals surface area contributed by atoms with Crippen molar-refractivity contribution in [2.75, 3.05) is 0 Å². The number of hydrogen-bond acceptors (Lipinski definition) is 5. The normalized spacial score (nSPS) is 13.9. The molecule has 1 aromatic heterocycles. The maximum atomic E-state index is 11.2. The zero-order valence-corrected chi connectivity index (χ0v) is 26.7. The summed E-state index contributed by atoms with van der Waals surface area (Å²) in [6.07, 6.45) is 10.7. The highest BCUT2D eigenvalue weighted by Gasteiger charge is 2.17. The molecule has 1 aliphatic rings. The number of pyridine rings is 1. The molecular weight excluding hydrogens is 548 g/mol. The van der Waals surface area contributed by atoms with Gasteiger partial charge in [0.05, 0.1) is 11.3 Å². The maximum Gasteiger partial charge on any atom is 0.335 e. The first kappa shape index (κ1) is 34.0. The molecule has 6 nitrogen and oxygen atoms in total. The minimum atomic E-state index is -0.974. The van der Waals surface area contributed by atoms with E-state index < -0.39 is 5.97 Å². The summed E-state index contributed by atoms with van der Waals surface area (Å²) >= 11 is 0. The molecule has 0 aliphatic heterocycles. The Kier molecular flexibility index (Phi) is 13.6. The van der Waals surface area contributed by atoms with Crippen LogP contribution in [0.1, 0.15) is 86.5 Å². The maximum absolute atomic E-state index is 11.2. The van der Waals surface area contributed by atoms with E-state index >= 15 is 0 Å². The lowest BCUT2D eigenvalue weighted by Gasteiger charge is -2.26. The van der Waals surface area contributed by atoms with Crippen molar-refractivity contribution in [3.8, 4) is 17.2 Å². The van der Waals surface area contributed by atoms with E-state index in [2.05, 4.69) is 23.8 Å². The van der Waals surface area contributed by atoms with Crippen LogP contribution in [0.25, 0.3) is 0 Å². The van der Waals surface area contributed by atoms with Gasteiger partial charge >= 0.3 is 5.97 Å². The molecule has 1 heterocycles. The number of hydrogen-bond donors (Lipinski definition) is 2. The summed E-state index contributed by atoms with van der Waals surface area (Å²) in [4.78, 5) is 19.7. The second kappa shape index (κ2) is 17.6. The van der Waals surface area contributed by atoms with E-state index in [0.717, 1.165) is 34.4 Å². The van der Waals surface area contributed by atoms with Gasteiger partial charge < -0.3 is 14.9 Å². The molecule has 1 saturated carbocycles. The number of ether oxygens (including phenoxy) is 1. The first-order valence-electron chi connectivity index (χ1n) is 15.5. The molecule has 1 atom stereocenters. The number of phenols is 1. The minimum absolute atomic E-state index is 0.144. The van der Waals surface area contributed by atoms with Gasteiger partial charge in [-0.1, -0.05) is 70.6 Å². The third-order valence-electron chi connectivity index (χ3n) is 7.98. The molecule has 1 unspecified atom stereocenters. The lowest BCUT2D eigenvalue weighted by atomic mass is 9.80. The molecule has 4 aromatic rings. The molecule has 1 aliphatic carbocycles. The summed E-state index contributed by atoms with van der Waals surface area (Å²) in [6, 6.07) is 24.7. The zero-order chi connectivity index (χ0) is 31.9. The van der Waals surface area contributed by atoms with E-state index in [0.29, 0.717) is 17.2 Å². The van der Waals surface area contributed by atoms with E-state index in [1.807, 2.05) is 63.2 Å². The number of aryl methyl sites for hydroxylation is 2. The van der Waals surface area contributed by atoms with Crippen molar-refractivity contribution in [2.45, 2.75) is 73.1 Å². The Morgan fingerprint density at radius 2 is 1.61 bits per heavy atom. The van der Waals surface area contributed by atoms with Crippen LogP contribution in [0.5, 0.6) is 17.2 Å². The van der Waals surface area contributed by atoms with Crippen LogP contribution in [0.2, 0.25) is 0 Å². The fourth-order valence-electron chi connectivity index (χ4n) is 5.04. The average molecular weight is 595 g/mol. The highest BCUT2D eigenvalue weighted by Crippen LogP contribution is 2.31. The Balaban J connectivity index is 0.000000252. The third kappa shape index (κ3) is 11.3. The summed E-state index contributed by atoms with van der Waals surface area (Å²) in [5.74, 6) is 2.41. The Morgan fingerprint density at radius 1 is 0.909 bits per heavy atom. The number of benzene rings is 3. The molecule has 0 radical (unpaired) electrons. The summed E-state index contributed by atoms with van der Waals surface area (Å²) in [5, 5.41) is 18.6. The Labute approximate surface area is 262 Å². The molecule has 1 fully saturated rings. The molecule has 0 saturated heterocycles. The number of phenolic OH excluding ortho intramolecular Hbond substituents is 1. The van der Waals surface area contributed by atoms with Crippen molar-refractivity contribution in [3.63, 3.8) is 0 Å². The van der Waals surface area contributed by atoms with Gasteiger partial charge in [-0.3, -0.25) is 9.98 Å². The second-order valence-corrected chi connectivity index (χ2v) is 11.4. The molecule has 6 heteroatoms. The number of carbonyl (C=O) groups is 1. The van der Waals surface area contributed by atoms with Crippen molar-refractivity contribution < 1.29 is 19.7 Å². The number of aliphatic imine (C=N–C) groups is 1. The number of aromatic nitrogens is 1.